The zero-order chi connectivity index (χ0) is 23.7. The van der Waals surface area contributed by atoms with Crippen LogP contribution in [0.25, 0.3) is 0 Å². The van der Waals surface area contributed by atoms with Gasteiger partial charge in [0.05, 0.1) is 17.7 Å². The molecule has 0 atom stereocenters. The fourth-order valence-corrected chi connectivity index (χ4v) is 3.88. The second-order valence-electron chi connectivity index (χ2n) is 8.57. The number of amides is 4. The van der Waals surface area contributed by atoms with Crippen molar-refractivity contribution in [2.24, 2.45) is 0 Å². The van der Waals surface area contributed by atoms with Crippen LogP contribution in [0.2, 0.25) is 0 Å². The molecule has 0 saturated heterocycles. The van der Waals surface area contributed by atoms with Crippen LogP contribution in [0.15, 0.2) is 72.8 Å². The number of imide groups is 1. The lowest BCUT2D eigenvalue weighted by molar-refractivity contribution is 0.0641. The molecule has 0 unspecified atom stereocenters. The zero-order valence-electron chi connectivity index (χ0n) is 18.4. The molecule has 34 heavy (non-hydrogen) atoms. The summed E-state index contributed by atoms with van der Waals surface area (Å²) in [6.07, 6.45) is 2.08. The van der Waals surface area contributed by atoms with Crippen LogP contribution >= 0.6 is 0 Å². The standard InChI is InChI=1S/C27H23N3O4/c31-24(28-15-17-5-9-20(10-6-17)25(32)29-21-13-14-21)19-11-7-18(8-12-19)16-30-26(33)22-3-1-2-4-23(22)27(30)34/h1-12,21H,13-16H2,(H,28,31)(H,29,32). The summed E-state index contributed by atoms with van der Waals surface area (Å²) in [4.78, 5) is 50.9. The van der Waals surface area contributed by atoms with Gasteiger partial charge >= 0.3 is 0 Å². The molecule has 5 rings (SSSR count). The van der Waals surface area contributed by atoms with Crippen molar-refractivity contribution in [3.05, 3.63) is 106 Å². The molecule has 0 spiro atoms. The Balaban J connectivity index is 1.16. The molecule has 1 aliphatic carbocycles. The molecule has 0 radical (unpaired) electrons. The minimum absolute atomic E-state index is 0.0700. The Hall–Kier alpha value is -4.26. The third-order valence-corrected chi connectivity index (χ3v) is 6.02. The fraction of sp³-hybridized carbons (Fsp3) is 0.185. The molecular formula is C27H23N3O4. The predicted octanol–water partition coefficient (Wildman–Crippen LogP) is 3.31. The van der Waals surface area contributed by atoms with Gasteiger partial charge in [-0.05, 0) is 60.4 Å². The van der Waals surface area contributed by atoms with Crippen molar-refractivity contribution < 1.29 is 19.2 Å². The van der Waals surface area contributed by atoms with Gasteiger partial charge in [-0.3, -0.25) is 24.1 Å². The van der Waals surface area contributed by atoms with Crippen LogP contribution in [0, 0.1) is 0 Å². The Morgan fingerprint density at radius 2 is 1.26 bits per heavy atom. The second-order valence-corrected chi connectivity index (χ2v) is 8.57. The summed E-state index contributed by atoms with van der Waals surface area (Å²) < 4.78 is 0. The van der Waals surface area contributed by atoms with Crippen LogP contribution in [0.5, 0.6) is 0 Å². The number of carbonyl (C=O) groups excluding carboxylic acids is 4. The van der Waals surface area contributed by atoms with E-state index in [-0.39, 0.29) is 30.2 Å². The largest absolute Gasteiger partial charge is 0.349 e. The molecule has 0 aromatic heterocycles. The summed E-state index contributed by atoms with van der Waals surface area (Å²) in [5.74, 6) is -0.917. The van der Waals surface area contributed by atoms with Gasteiger partial charge in [0, 0.05) is 23.7 Å². The van der Waals surface area contributed by atoms with Crippen LogP contribution in [0.4, 0.5) is 0 Å². The lowest BCUT2D eigenvalue weighted by Gasteiger charge is -2.14. The van der Waals surface area contributed by atoms with Crippen molar-refractivity contribution >= 4 is 23.6 Å². The molecule has 1 fully saturated rings. The van der Waals surface area contributed by atoms with Crippen LogP contribution < -0.4 is 10.6 Å². The van der Waals surface area contributed by atoms with Gasteiger partial charge in [0.15, 0.2) is 0 Å². The topological polar surface area (TPSA) is 95.6 Å². The number of fused-ring (bicyclic) bond motifs is 1. The number of rotatable bonds is 7. The van der Waals surface area contributed by atoms with Crippen molar-refractivity contribution in [3.8, 4) is 0 Å². The van der Waals surface area contributed by atoms with E-state index in [0.717, 1.165) is 24.0 Å². The average molecular weight is 453 g/mol. The summed E-state index contributed by atoms with van der Waals surface area (Å²) in [6.45, 7) is 0.481. The highest BCUT2D eigenvalue weighted by Gasteiger charge is 2.34. The average Bonchev–Trinajstić information content (AvgIpc) is 3.66. The zero-order valence-corrected chi connectivity index (χ0v) is 18.4. The van der Waals surface area contributed by atoms with Crippen molar-refractivity contribution in [1.29, 1.82) is 0 Å². The molecule has 2 N–H and O–H groups in total. The molecule has 3 aromatic carbocycles. The molecule has 7 heteroatoms. The quantitative estimate of drug-likeness (QED) is 0.537. The van der Waals surface area contributed by atoms with Crippen molar-refractivity contribution in [2.45, 2.75) is 32.0 Å². The van der Waals surface area contributed by atoms with Gasteiger partial charge in [-0.2, -0.15) is 0 Å². The normalized spacial score (nSPS) is 14.6. The summed E-state index contributed by atoms with van der Waals surface area (Å²) in [7, 11) is 0. The molecule has 1 saturated carbocycles. The van der Waals surface area contributed by atoms with Gasteiger partial charge < -0.3 is 10.6 Å². The summed E-state index contributed by atoms with van der Waals surface area (Å²) in [5.41, 5.74) is 3.56. The number of hydrogen-bond donors (Lipinski definition) is 2. The van der Waals surface area contributed by atoms with Crippen LogP contribution in [-0.4, -0.2) is 34.6 Å². The number of carbonyl (C=O) groups is 4. The minimum atomic E-state index is -0.307. The van der Waals surface area contributed by atoms with E-state index in [1.807, 2.05) is 12.1 Å². The number of hydrogen-bond acceptors (Lipinski definition) is 4. The Bertz CT molecular complexity index is 1240. The van der Waals surface area contributed by atoms with E-state index in [4.69, 9.17) is 0 Å². The third kappa shape index (κ3) is 4.45. The van der Waals surface area contributed by atoms with Crippen LogP contribution in [0.1, 0.15) is 65.4 Å². The highest BCUT2D eigenvalue weighted by molar-refractivity contribution is 6.21. The summed E-state index contributed by atoms with van der Waals surface area (Å²) >= 11 is 0. The van der Waals surface area contributed by atoms with E-state index in [0.29, 0.717) is 34.8 Å². The summed E-state index contributed by atoms with van der Waals surface area (Å²) in [5, 5.41) is 5.82. The Kier molecular flexibility index (Phi) is 5.67. The minimum Gasteiger partial charge on any atom is -0.349 e. The molecular weight excluding hydrogens is 430 g/mol. The third-order valence-electron chi connectivity index (χ3n) is 6.02. The van der Waals surface area contributed by atoms with Gasteiger partial charge in [-0.1, -0.05) is 36.4 Å². The second kappa shape index (κ2) is 8.94. The van der Waals surface area contributed by atoms with Crippen molar-refractivity contribution in [3.63, 3.8) is 0 Å². The van der Waals surface area contributed by atoms with Crippen LogP contribution in [-0.2, 0) is 13.1 Å². The van der Waals surface area contributed by atoms with E-state index in [9.17, 15) is 19.2 Å². The first-order valence-corrected chi connectivity index (χ1v) is 11.2. The van der Waals surface area contributed by atoms with Gasteiger partial charge in [0.25, 0.3) is 23.6 Å². The molecule has 7 nitrogen and oxygen atoms in total. The molecule has 1 aliphatic heterocycles. The van der Waals surface area contributed by atoms with Gasteiger partial charge in [0.2, 0.25) is 0 Å². The molecule has 4 amide bonds. The first-order chi connectivity index (χ1) is 16.5. The number of benzene rings is 3. The maximum atomic E-state index is 12.5. The van der Waals surface area contributed by atoms with Gasteiger partial charge in [0.1, 0.15) is 0 Å². The SMILES string of the molecule is O=C(NCc1ccc(C(=O)NC2CC2)cc1)c1ccc(CN2C(=O)c3ccccc3C2=O)cc1. The molecule has 170 valence electrons. The number of nitrogens with zero attached hydrogens (tertiary/aromatic N) is 1. The lowest BCUT2D eigenvalue weighted by Crippen LogP contribution is -2.29. The maximum absolute atomic E-state index is 12.5. The van der Waals surface area contributed by atoms with E-state index >= 15 is 0 Å². The Morgan fingerprint density at radius 1 is 0.735 bits per heavy atom. The molecule has 0 bridgehead atoms. The predicted molar refractivity (Wildman–Crippen MR) is 125 cm³/mol. The van der Waals surface area contributed by atoms with Gasteiger partial charge in [-0.25, -0.2) is 0 Å². The monoisotopic (exact) mass is 453 g/mol. The van der Waals surface area contributed by atoms with E-state index in [1.54, 1.807) is 60.7 Å². The van der Waals surface area contributed by atoms with E-state index in [1.165, 1.54) is 4.90 Å². The molecule has 1 heterocycles. The van der Waals surface area contributed by atoms with E-state index < -0.39 is 0 Å². The van der Waals surface area contributed by atoms with E-state index in [2.05, 4.69) is 10.6 Å². The Labute approximate surface area is 196 Å². The van der Waals surface area contributed by atoms with Gasteiger partial charge in [-0.15, -0.1) is 0 Å². The lowest BCUT2D eigenvalue weighted by atomic mass is 10.1. The summed E-state index contributed by atoms with van der Waals surface area (Å²) in [6, 6.07) is 21.1. The fourth-order valence-electron chi connectivity index (χ4n) is 3.88. The first-order valence-electron chi connectivity index (χ1n) is 11.2. The van der Waals surface area contributed by atoms with Crippen LogP contribution in [0.3, 0.4) is 0 Å². The maximum Gasteiger partial charge on any atom is 0.261 e. The van der Waals surface area contributed by atoms with Crippen molar-refractivity contribution in [1.82, 2.24) is 15.5 Å². The smallest absolute Gasteiger partial charge is 0.261 e. The molecule has 3 aromatic rings. The van der Waals surface area contributed by atoms with Crippen molar-refractivity contribution in [2.75, 3.05) is 0 Å². The Morgan fingerprint density at radius 3 is 1.82 bits per heavy atom. The molecule has 2 aliphatic rings. The highest BCUT2D eigenvalue weighted by atomic mass is 16.2. The first kappa shape index (κ1) is 21.6. The highest BCUT2D eigenvalue weighted by Crippen LogP contribution is 2.24. The number of nitrogens with one attached hydrogen (secondary N) is 2.